The molecular weight excluding hydrogens is 316 g/mol. The Balaban J connectivity index is 0.00000242. The van der Waals surface area contributed by atoms with Crippen LogP contribution in [0.25, 0.3) is 0 Å². The van der Waals surface area contributed by atoms with Crippen molar-refractivity contribution in [3.63, 3.8) is 0 Å². The Morgan fingerprint density at radius 1 is 1.32 bits per heavy atom. The molecule has 1 aliphatic heterocycles. The number of carbonyl (C=O) groups is 1. The van der Waals surface area contributed by atoms with E-state index in [9.17, 15) is 4.79 Å². The molecule has 1 aromatic rings. The van der Waals surface area contributed by atoms with E-state index in [0.717, 1.165) is 18.0 Å². The van der Waals surface area contributed by atoms with Gasteiger partial charge in [-0.15, -0.1) is 24.2 Å². The van der Waals surface area contributed by atoms with Gasteiger partial charge in [-0.1, -0.05) is 32.9 Å². The third-order valence-corrected chi connectivity index (χ3v) is 4.81. The highest BCUT2D eigenvalue weighted by molar-refractivity contribution is 8.00. The summed E-state index contributed by atoms with van der Waals surface area (Å²) in [5.41, 5.74) is 1.50. The van der Waals surface area contributed by atoms with Crippen LogP contribution in [0.4, 0.5) is 0 Å². The molecule has 1 unspecified atom stereocenters. The summed E-state index contributed by atoms with van der Waals surface area (Å²) in [4.78, 5) is 13.0. The number of nitrogens with one attached hydrogen (secondary N) is 2. The lowest BCUT2D eigenvalue weighted by molar-refractivity contribution is -0.118. The summed E-state index contributed by atoms with van der Waals surface area (Å²) >= 11 is 1.60. The van der Waals surface area contributed by atoms with E-state index in [2.05, 4.69) is 55.7 Å². The van der Waals surface area contributed by atoms with Gasteiger partial charge in [-0.05, 0) is 42.5 Å². The number of hydrogen-bond donors (Lipinski definition) is 2. The maximum atomic E-state index is 11.8. The Morgan fingerprint density at radius 2 is 2.00 bits per heavy atom. The SMILES string of the molecule is CC(C)(C)c1ccc(SCC(=O)NCC2CCCN2)cc1.Cl. The van der Waals surface area contributed by atoms with Crippen LogP contribution in [0.1, 0.15) is 39.2 Å². The molecule has 2 N–H and O–H groups in total. The molecule has 0 bridgehead atoms. The molecule has 1 aliphatic rings. The lowest BCUT2D eigenvalue weighted by Gasteiger charge is -2.19. The minimum atomic E-state index is 0. The first-order chi connectivity index (χ1) is 9.95. The molecule has 0 aliphatic carbocycles. The predicted octanol–water partition coefficient (Wildman–Crippen LogP) is 3.37. The minimum Gasteiger partial charge on any atom is -0.354 e. The quantitative estimate of drug-likeness (QED) is 0.806. The molecule has 2 rings (SSSR count). The molecule has 1 amide bonds. The third-order valence-electron chi connectivity index (χ3n) is 3.80. The van der Waals surface area contributed by atoms with Gasteiger partial charge >= 0.3 is 0 Å². The van der Waals surface area contributed by atoms with Crippen molar-refractivity contribution < 1.29 is 4.79 Å². The van der Waals surface area contributed by atoms with E-state index < -0.39 is 0 Å². The molecule has 0 saturated carbocycles. The fourth-order valence-corrected chi connectivity index (χ4v) is 3.15. The van der Waals surface area contributed by atoms with Crippen LogP contribution in [0.15, 0.2) is 29.2 Å². The van der Waals surface area contributed by atoms with Crippen molar-refractivity contribution in [2.75, 3.05) is 18.8 Å². The summed E-state index contributed by atoms with van der Waals surface area (Å²) in [6, 6.07) is 8.99. The van der Waals surface area contributed by atoms with Gasteiger partial charge in [0.2, 0.25) is 5.91 Å². The van der Waals surface area contributed by atoms with E-state index in [-0.39, 0.29) is 23.7 Å². The molecule has 5 heteroatoms. The van der Waals surface area contributed by atoms with E-state index in [4.69, 9.17) is 0 Å². The Kier molecular flexibility index (Phi) is 7.74. The highest BCUT2D eigenvalue weighted by Crippen LogP contribution is 2.25. The van der Waals surface area contributed by atoms with Crippen molar-refractivity contribution in [2.24, 2.45) is 0 Å². The van der Waals surface area contributed by atoms with Gasteiger partial charge in [0.1, 0.15) is 0 Å². The Morgan fingerprint density at radius 3 is 2.55 bits per heavy atom. The molecule has 1 aromatic carbocycles. The summed E-state index contributed by atoms with van der Waals surface area (Å²) in [6.45, 7) is 8.46. The van der Waals surface area contributed by atoms with Gasteiger partial charge in [-0.25, -0.2) is 0 Å². The van der Waals surface area contributed by atoms with E-state index >= 15 is 0 Å². The van der Waals surface area contributed by atoms with Gasteiger partial charge in [0, 0.05) is 17.5 Å². The first-order valence-electron chi connectivity index (χ1n) is 7.68. The summed E-state index contributed by atoms with van der Waals surface area (Å²) < 4.78 is 0. The largest absolute Gasteiger partial charge is 0.354 e. The van der Waals surface area contributed by atoms with Crippen molar-refractivity contribution in [2.45, 2.75) is 50.0 Å². The predicted molar refractivity (Wildman–Crippen MR) is 97.1 cm³/mol. The number of carbonyl (C=O) groups excluding carboxylic acids is 1. The third kappa shape index (κ3) is 6.19. The second-order valence-electron chi connectivity index (χ2n) is 6.66. The number of benzene rings is 1. The second-order valence-corrected chi connectivity index (χ2v) is 7.71. The van der Waals surface area contributed by atoms with Crippen LogP contribution in [0.5, 0.6) is 0 Å². The molecule has 0 spiro atoms. The van der Waals surface area contributed by atoms with Crippen molar-refractivity contribution in [1.29, 1.82) is 0 Å². The standard InChI is InChI=1S/C17H26N2OS.ClH/c1-17(2,3)13-6-8-15(9-7-13)21-12-16(20)19-11-14-5-4-10-18-14;/h6-9,14,18H,4-5,10-12H2,1-3H3,(H,19,20);1H. The zero-order valence-electron chi connectivity index (χ0n) is 13.6. The molecular formula is C17H27ClN2OS. The summed E-state index contributed by atoms with van der Waals surface area (Å²) in [5, 5.41) is 6.39. The van der Waals surface area contributed by atoms with E-state index in [1.54, 1.807) is 11.8 Å². The molecule has 3 nitrogen and oxygen atoms in total. The van der Waals surface area contributed by atoms with Gasteiger partial charge in [-0.2, -0.15) is 0 Å². The molecule has 1 saturated heterocycles. The topological polar surface area (TPSA) is 41.1 Å². The van der Waals surface area contributed by atoms with E-state index in [1.165, 1.54) is 18.4 Å². The summed E-state index contributed by atoms with van der Waals surface area (Å²) in [7, 11) is 0. The fraction of sp³-hybridized carbons (Fsp3) is 0.588. The van der Waals surface area contributed by atoms with Gasteiger partial charge in [-0.3, -0.25) is 4.79 Å². The lowest BCUT2D eigenvalue weighted by atomic mass is 9.87. The number of hydrogen-bond acceptors (Lipinski definition) is 3. The highest BCUT2D eigenvalue weighted by Gasteiger charge is 2.15. The summed E-state index contributed by atoms with van der Waals surface area (Å²) in [6.07, 6.45) is 2.39. The van der Waals surface area contributed by atoms with Gasteiger partial charge < -0.3 is 10.6 Å². The number of thioether (sulfide) groups is 1. The molecule has 1 atom stereocenters. The second kappa shape index (κ2) is 8.80. The molecule has 0 radical (unpaired) electrons. The van der Waals surface area contributed by atoms with Crippen LogP contribution >= 0.6 is 24.2 Å². The number of rotatable bonds is 5. The number of amides is 1. The monoisotopic (exact) mass is 342 g/mol. The van der Waals surface area contributed by atoms with Crippen LogP contribution in [0, 0.1) is 0 Å². The van der Waals surface area contributed by atoms with Crippen LogP contribution in [0.3, 0.4) is 0 Å². The molecule has 1 fully saturated rings. The minimum absolute atomic E-state index is 0. The Bertz CT molecular complexity index is 465. The Labute approximate surface area is 144 Å². The van der Waals surface area contributed by atoms with Crippen molar-refractivity contribution >= 4 is 30.1 Å². The van der Waals surface area contributed by atoms with E-state index in [0.29, 0.717) is 11.8 Å². The molecule has 1 heterocycles. The van der Waals surface area contributed by atoms with Crippen LogP contribution in [0.2, 0.25) is 0 Å². The molecule has 0 aromatic heterocycles. The average Bonchev–Trinajstić information content (AvgIpc) is 2.95. The van der Waals surface area contributed by atoms with Gasteiger partial charge in [0.25, 0.3) is 0 Å². The lowest BCUT2D eigenvalue weighted by Crippen LogP contribution is -2.37. The van der Waals surface area contributed by atoms with Gasteiger partial charge in [0.05, 0.1) is 5.75 Å². The molecule has 22 heavy (non-hydrogen) atoms. The van der Waals surface area contributed by atoms with E-state index in [1.807, 2.05) is 0 Å². The zero-order chi connectivity index (χ0) is 15.3. The van der Waals surface area contributed by atoms with Crippen LogP contribution in [-0.2, 0) is 10.2 Å². The van der Waals surface area contributed by atoms with Crippen LogP contribution < -0.4 is 10.6 Å². The first kappa shape index (κ1) is 19.3. The fourth-order valence-electron chi connectivity index (χ4n) is 2.42. The maximum absolute atomic E-state index is 11.8. The Hall–Kier alpha value is -0.710. The van der Waals surface area contributed by atoms with Crippen molar-refractivity contribution in [1.82, 2.24) is 10.6 Å². The highest BCUT2D eigenvalue weighted by atomic mass is 35.5. The first-order valence-corrected chi connectivity index (χ1v) is 8.67. The zero-order valence-corrected chi connectivity index (χ0v) is 15.3. The molecule has 124 valence electrons. The van der Waals surface area contributed by atoms with Crippen molar-refractivity contribution in [3.8, 4) is 0 Å². The van der Waals surface area contributed by atoms with Gasteiger partial charge in [0.15, 0.2) is 0 Å². The maximum Gasteiger partial charge on any atom is 0.230 e. The summed E-state index contributed by atoms with van der Waals surface area (Å²) in [5.74, 6) is 0.607. The smallest absolute Gasteiger partial charge is 0.230 e. The van der Waals surface area contributed by atoms with Crippen molar-refractivity contribution in [3.05, 3.63) is 29.8 Å². The van der Waals surface area contributed by atoms with Crippen LogP contribution in [-0.4, -0.2) is 30.8 Å². The number of halogens is 1. The normalized spacial score (nSPS) is 17.9. The average molecular weight is 343 g/mol.